The van der Waals surface area contributed by atoms with Gasteiger partial charge < -0.3 is 9.47 Å². The lowest BCUT2D eigenvalue weighted by molar-refractivity contribution is -0.132. The molecule has 5 rings (SSSR count). The molecule has 8 nitrogen and oxygen atoms in total. The Balaban J connectivity index is 1.27. The number of morpholine rings is 1. The third-order valence-electron chi connectivity index (χ3n) is 6.59. The second kappa shape index (κ2) is 9.48. The quantitative estimate of drug-likeness (QED) is 0.481. The summed E-state index contributed by atoms with van der Waals surface area (Å²) in [5.74, 6) is -1.27. The van der Waals surface area contributed by atoms with Crippen molar-refractivity contribution < 1.29 is 28.7 Å². The monoisotopic (exact) mass is 462 g/mol. The fraction of sp³-hybridized carbons (Fsp3) is 0.385. The minimum Gasteiger partial charge on any atom is -0.488 e. The highest BCUT2D eigenvalue weighted by atomic mass is 16.5. The van der Waals surface area contributed by atoms with Crippen molar-refractivity contribution in [2.45, 2.75) is 38.5 Å². The molecule has 2 aromatic carbocycles. The number of ether oxygens (including phenoxy) is 2. The Morgan fingerprint density at radius 3 is 2.38 bits per heavy atom. The van der Waals surface area contributed by atoms with Crippen LogP contribution >= 0.6 is 0 Å². The van der Waals surface area contributed by atoms with Crippen LogP contribution in [-0.2, 0) is 27.5 Å². The highest BCUT2D eigenvalue weighted by Gasteiger charge is 2.45. The number of ketones is 2. The molecule has 1 saturated heterocycles. The van der Waals surface area contributed by atoms with Crippen molar-refractivity contribution in [2.75, 3.05) is 26.3 Å². The molecule has 2 heterocycles. The van der Waals surface area contributed by atoms with E-state index in [-0.39, 0.29) is 48.6 Å². The number of rotatable bonds is 6. The molecular formula is C26H26N2O6. The van der Waals surface area contributed by atoms with E-state index >= 15 is 0 Å². The summed E-state index contributed by atoms with van der Waals surface area (Å²) in [5, 5.41) is 0. The van der Waals surface area contributed by atoms with Gasteiger partial charge in [-0.05, 0) is 29.7 Å². The van der Waals surface area contributed by atoms with Gasteiger partial charge in [-0.25, -0.2) is 0 Å². The van der Waals surface area contributed by atoms with E-state index in [9.17, 15) is 19.2 Å². The zero-order chi connectivity index (χ0) is 23.7. The zero-order valence-electron chi connectivity index (χ0n) is 18.8. The van der Waals surface area contributed by atoms with Crippen molar-refractivity contribution in [1.29, 1.82) is 0 Å². The molecule has 3 aliphatic rings. The minimum absolute atomic E-state index is 0.155. The van der Waals surface area contributed by atoms with Gasteiger partial charge in [0.15, 0.2) is 5.78 Å². The number of amides is 2. The number of imide groups is 1. The number of carbonyl (C=O) groups is 4. The molecule has 176 valence electrons. The molecule has 0 bridgehead atoms. The van der Waals surface area contributed by atoms with Crippen LogP contribution < -0.4 is 4.74 Å². The lowest BCUT2D eigenvalue weighted by Gasteiger charge is -2.27. The maximum absolute atomic E-state index is 13.2. The van der Waals surface area contributed by atoms with Gasteiger partial charge in [-0.2, -0.15) is 0 Å². The largest absolute Gasteiger partial charge is 0.488 e. The predicted octanol–water partition coefficient (Wildman–Crippen LogP) is 2.38. The van der Waals surface area contributed by atoms with Crippen LogP contribution in [0.15, 0.2) is 42.5 Å². The summed E-state index contributed by atoms with van der Waals surface area (Å²) in [6, 6.07) is 12.1. The summed E-state index contributed by atoms with van der Waals surface area (Å²) >= 11 is 0. The molecule has 2 aromatic rings. The molecule has 34 heavy (non-hydrogen) atoms. The Morgan fingerprint density at radius 1 is 0.912 bits per heavy atom. The number of fused-ring (bicyclic) bond motifs is 1. The SMILES string of the molecule is O=C1CCC(N2C(=O)c3cccc(OCc4ccc(CN5CCOCC5)cc4)c3C2=O)C(=O)C1. The first-order valence-corrected chi connectivity index (χ1v) is 11.6. The number of hydrogen-bond acceptors (Lipinski definition) is 7. The fourth-order valence-corrected chi connectivity index (χ4v) is 4.73. The normalized spacial score (nSPS) is 21.2. The average Bonchev–Trinajstić information content (AvgIpc) is 3.10. The van der Waals surface area contributed by atoms with Gasteiger partial charge in [-0.1, -0.05) is 30.3 Å². The standard InChI is InChI=1S/C26H26N2O6/c29-19-8-9-21(22(30)14-19)28-25(31)20-2-1-3-23(24(20)26(28)32)34-16-18-6-4-17(5-7-18)15-27-10-12-33-13-11-27/h1-7,21H,8-16H2. The van der Waals surface area contributed by atoms with Crippen LogP contribution in [0, 0.1) is 0 Å². The van der Waals surface area contributed by atoms with E-state index in [4.69, 9.17) is 9.47 Å². The van der Waals surface area contributed by atoms with Crippen LogP contribution in [0.4, 0.5) is 0 Å². The third kappa shape index (κ3) is 4.38. The maximum Gasteiger partial charge on any atom is 0.266 e. The van der Waals surface area contributed by atoms with Crippen molar-refractivity contribution in [3.05, 3.63) is 64.7 Å². The molecule has 0 radical (unpaired) electrons. The number of benzene rings is 2. The molecule has 2 aliphatic heterocycles. The van der Waals surface area contributed by atoms with Crippen LogP contribution in [0.1, 0.15) is 51.1 Å². The maximum atomic E-state index is 13.2. The Hall–Kier alpha value is -3.36. The van der Waals surface area contributed by atoms with Gasteiger partial charge in [0, 0.05) is 26.1 Å². The van der Waals surface area contributed by atoms with Crippen LogP contribution in [0.25, 0.3) is 0 Å². The number of nitrogens with zero attached hydrogens (tertiary/aromatic N) is 2. The van der Waals surface area contributed by atoms with Crippen LogP contribution in [-0.4, -0.2) is 65.5 Å². The molecule has 0 N–H and O–H groups in total. The van der Waals surface area contributed by atoms with Gasteiger partial charge >= 0.3 is 0 Å². The van der Waals surface area contributed by atoms with Crippen LogP contribution in [0.2, 0.25) is 0 Å². The predicted molar refractivity (Wildman–Crippen MR) is 121 cm³/mol. The molecule has 8 heteroatoms. The topological polar surface area (TPSA) is 93.2 Å². The Kier molecular flexibility index (Phi) is 6.26. The molecule has 2 amide bonds. The first-order chi connectivity index (χ1) is 16.5. The van der Waals surface area contributed by atoms with E-state index in [1.54, 1.807) is 18.2 Å². The van der Waals surface area contributed by atoms with Crippen molar-refractivity contribution in [3.8, 4) is 5.75 Å². The Bertz CT molecular complexity index is 1140. The first kappa shape index (κ1) is 22.4. The minimum atomic E-state index is -0.892. The highest BCUT2D eigenvalue weighted by molar-refractivity contribution is 6.24. The van der Waals surface area contributed by atoms with Gasteiger partial charge in [0.2, 0.25) is 0 Å². The first-order valence-electron chi connectivity index (χ1n) is 11.6. The van der Waals surface area contributed by atoms with E-state index in [2.05, 4.69) is 17.0 Å². The molecular weight excluding hydrogens is 436 g/mol. The summed E-state index contributed by atoms with van der Waals surface area (Å²) in [5.41, 5.74) is 2.56. The Morgan fingerprint density at radius 2 is 1.65 bits per heavy atom. The molecule has 1 aliphatic carbocycles. The molecule has 2 fully saturated rings. The Labute approximate surface area is 197 Å². The second-order valence-electron chi connectivity index (χ2n) is 8.89. The van der Waals surface area contributed by atoms with E-state index in [0.29, 0.717) is 5.75 Å². The average molecular weight is 463 g/mol. The van der Waals surface area contributed by atoms with Gasteiger partial charge in [0.25, 0.3) is 11.8 Å². The smallest absolute Gasteiger partial charge is 0.266 e. The van der Waals surface area contributed by atoms with Crippen molar-refractivity contribution in [2.24, 2.45) is 0 Å². The van der Waals surface area contributed by atoms with Gasteiger partial charge in [-0.3, -0.25) is 29.0 Å². The number of Topliss-reactive ketones (excluding diaryl/α,β-unsaturated/α-hetero) is 2. The van der Waals surface area contributed by atoms with E-state index in [1.807, 2.05) is 12.1 Å². The highest BCUT2D eigenvalue weighted by Crippen LogP contribution is 2.34. The number of hydrogen-bond donors (Lipinski definition) is 0. The van der Waals surface area contributed by atoms with Gasteiger partial charge in [0.1, 0.15) is 18.1 Å². The van der Waals surface area contributed by atoms with Crippen molar-refractivity contribution in [3.63, 3.8) is 0 Å². The molecule has 1 unspecified atom stereocenters. The summed E-state index contributed by atoms with van der Waals surface area (Å²) < 4.78 is 11.3. The van der Waals surface area contributed by atoms with Crippen molar-refractivity contribution in [1.82, 2.24) is 9.80 Å². The summed E-state index contributed by atoms with van der Waals surface area (Å²) in [6.45, 7) is 4.49. The molecule has 1 saturated carbocycles. The fourth-order valence-electron chi connectivity index (χ4n) is 4.73. The molecule has 0 spiro atoms. The number of carbonyl (C=O) groups excluding carboxylic acids is 4. The lowest BCUT2D eigenvalue weighted by Crippen LogP contribution is -2.47. The second-order valence-corrected chi connectivity index (χ2v) is 8.89. The third-order valence-corrected chi connectivity index (χ3v) is 6.59. The van der Waals surface area contributed by atoms with Crippen LogP contribution in [0.5, 0.6) is 5.75 Å². The summed E-state index contributed by atoms with van der Waals surface area (Å²) in [6.07, 6.45) is 0.133. The van der Waals surface area contributed by atoms with E-state index < -0.39 is 17.9 Å². The molecule has 0 aromatic heterocycles. The molecule has 1 atom stereocenters. The summed E-state index contributed by atoms with van der Waals surface area (Å²) in [7, 11) is 0. The van der Waals surface area contributed by atoms with Gasteiger partial charge in [-0.15, -0.1) is 0 Å². The van der Waals surface area contributed by atoms with E-state index in [0.717, 1.165) is 43.3 Å². The van der Waals surface area contributed by atoms with Crippen molar-refractivity contribution >= 4 is 23.4 Å². The van der Waals surface area contributed by atoms with Crippen LogP contribution in [0.3, 0.4) is 0 Å². The van der Waals surface area contributed by atoms with Gasteiger partial charge in [0.05, 0.1) is 36.8 Å². The lowest BCUT2D eigenvalue weighted by atomic mass is 9.92. The zero-order valence-corrected chi connectivity index (χ0v) is 18.8. The summed E-state index contributed by atoms with van der Waals surface area (Å²) in [4.78, 5) is 53.4. The van der Waals surface area contributed by atoms with E-state index in [1.165, 1.54) is 5.56 Å².